The molecule has 2 heterocycles. The van der Waals surface area contributed by atoms with E-state index in [-0.39, 0.29) is 5.91 Å². The van der Waals surface area contributed by atoms with Gasteiger partial charge in [0.1, 0.15) is 0 Å². The van der Waals surface area contributed by atoms with Gasteiger partial charge in [-0.2, -0.15) is 0 Å². The Morgan fingerprint density at radius 1 is 1.17 bits per heavy atom. The quantitative estimate of drug-likeness (QED) is 0.859. The molecule has 1 aliphatic heterocycles. The molecule has 2 aromatic rings. The number of piperazine rings is 1. The molecule has 128 valence electrons. The van der Waals surface area contributed by atoms with Crippen molar-refractivity contribution in [2.45, 2.75) is 6.54 Å². The number of hydrogen-bond acceptors (Lipinski definition) is 5. The van der Waals surface area contributed by atoms with Crippen LogP contribution in [0.15, 0.2) is 29.8 Å². The van der Waals surface area contributed by atoms with Crippen LogP contribution in [0.5, 0.6) is 0 Å². The van der Waals surface area contributed by atoms with Crippen molar-refractivity contribution < 1.29 is 4.79 Å². The van der Waals surface area contributed by atoms with Crippen LogP contribution in [0, 0.1) is 0 Å². The molecule has 1 N–H and O–H groups in total. The van der Waals surface area contributed by atoms with E-state index in [9.17, 15) is 4.79 Å². The van der Waals surface area contributed by atoms with E-state index in [1.807, 2.05) is 23.6 Å². The van der Waals surface area contributed by atoms with Gasteiger partial charge in [0.15, 0.2) is 5.13 Å². The van der Waals surface area contributed by atoms with Gasteiger partial charge in [0.05, 0.1) is 6.54 Å². The maximum atomic E-state index is 12.0. The van der Waals surface area contributed by atoms with Gasteiger partial charge in [0.2, 0.25) is 5.91 Å². The minimum absolute atomic E-state index is 0.0208. The first-order valence-electron chi connectivity index (χ1n) is 7.69. The second-order valence-electron chi connectivity index (χ2n) is 5.64. The smallest absolute Gasteiger partial charge is 0.240 e. The number of anilines is 1. The molecule has 8 heteroatoms. The number of nitrogens with one attached hydrogen (secondary N) is 1. The Morgan fingerprint density at radius 2 is 1.83 bits per heavy atom. The zero-order chi connectivity index (χ0) is 16.9. The number of benzene rings is 1. The highest BCUT2D eigenvalue weighted by Gasteiger charge is 2.20. The number of rotatable bonds is 5. The van der Waals surface area contributed by atoms with Crippen molar-refractivity contribution in [1.29, 1.82) is 0 Å². The van der Waals surface area contributed by atoms with Gasteiger partial charge in [-0.1, -0.05) is 29.3 Å². The van der Waals surface area contributed by atoms with Crippen molar-refractivity contribution in [3.05, 3.63) is 45.4 Å². The monoisotopic (exact) mass is 384 g/mol. The number of carbonyl (C=O) groups excluding carboxylic acids is 1. The number of aromatic nitrogens is 1. The molecule has 5 nitrogen and oxygen atoms in total. The number of hydrogen-bond donors (Lipinski definition) is 1. The summed E-state index contributed by atoms with van der Waals surface area (Å²) in [6.07, 6.45) is 1.68. The second-order valence-corrected chi connectivity index (χ2v) is 7.35. The maximum absolute atomic E-state index is 12.0. The molecule has 24 heavy (non-hydrogen) atoms. The molecule has 1 aliphatic rings. The van der Waals surface area contributed by atoms with Gasteiger partial charge in [0.25, 0.3) is 0 Å². The van der Waals surface area contributed by atoms with Crippen LogP contribution in [0.4, 0.5) is 5.13 Å². The summed E-state index contributed by atoms with van der Waals surface area (Å²) in [6.45, 7) is 4.57. The van der Waals surface area contributed by atoms with Gasteiger partial charge in [0, 0.05) is 59.9 Å². The van der Waals surface area contributed by atoms with Gasteiger partial charge in [-0.25, -0.2) is 4.98 Å². The number of amides is 1. The highest BCUT2D eigenvalue weighted by molar-refractivity contribution is 7.13. The van der Waals surface area contributed by atoms with Crippen LogP contribution < -0.4 is 5.32 Å². The lowest BCUT2D eigenvalue weighted by Crippen LogP contribution is -2.48. The summed E-state index contributed by atoms with van der Waals surface area (Å²) < 4.78 is 0. The summed E-state index contributed by atoms with van der Waals surface area (Å²) in [5, 5.41) is 6.70. The van der Waals surface area contributed by atoms with Crippen LogP contribution in [-0.4, -0.2) is 53.4 Å². The Hall–Kier alpha value is -1.18. The summed E-state index contributed by atoms with van der Waals surface area (Å²) in [5.74, 6) is -0.0208. The molecule has 1 aromatic heterocycles. The molecule has 0 radical (unpaired) electrons. The molecule has 3 rings (SSSR count). The third-order valence-electron chi connectivity index (χ3n) is 3.95. The predicted octanol–water partition coefficient (Wildman–Crippen LogP) is 3.21. The Labute approximate surface area is 155 Å². The molecular weight excluding hydrogens is 367 g/mol. The first-order valence-corrected chi connectivity index (χ1v) is 9.32. The number of thiazole rings is 1. The lowest BCUT2D eigenvalue weighted by atomic mass is 10.2. The van der Waals surface area contributed by atoms with Crippen molar-refractivity contribution >= 4 is 45.6 Å². The molecule has 0 spiro atoms. The van der Waals surface area contributed by atoms with Crippen molar-refractivity contribution in [2.24, 2.45) is 0 Å². The molecule has 0 atom stereocenters. The molecule has 0 unspecified atom stereocenters. The van der Waals surface area contributed by atoms with Crippen LogP contribution in [0.3, 0.4) is 0 Å². The molecule has 1 saturated heterocycles. The van der Waals surface area contributed by atoms with Crippen LogP contribution >= 0.6 is 34.5 Å². The zero-order valence-electron chi connectivity index (χ0n) is 13.0. The summed E-state index contributed by atoms with van der Waals surface area (Å²) in [5.41, 5.74) is 0.968. The number of nitrogens with zero attached hydrogens (tertiary/aromatic N) is 3. The van der Waals surface area contributed by atoms with Gasteiger partial charge in [-0.05, 0) is 12.1 Å². The van der Waals surface area contributed by atoms with Crippen LogP contribution in [0.1, 0.15) is 5.56 Å². The summed E-state index contributed by atoms with van der Waals surface area (Å²) >= 11 is 13.9. The van der Waals surface area contributed by atoms with E-state index in [0.29, 0.717) is 21.7 Å². The Kier molecular flexibility index (Phi) is 6.08. The average Bonchev–Trinajstić information content (AvgIpc) is 3.05. The van der Waals surface area contributed by atoms with Crippen molar-refractivity contribution in [1.82, 2.24) is 14.8 Å². The Bertz CT molecular complexity index is 667. The van der Waals surface area contributed by atoms with Crippen molar-refractivity contribution in [2.75, 3.05) is 38.0 Å². The lowest BCUT2D eigenvalue weighted by Gasteiger charge is -2.34. The van der Waals surface area contributed by atoms with E-state index >= 15 is 0 Å². The van der Waals surface area contributed by atoms with E-state index < -0.39 is 0 Å². The van der Waals surface area contributed by atoms with Gasteiger partial charge in [-0.15, -0.1) is 11.3 Å². The minimum Gasteiger partial charge on any atom is -0.301 e. The van der Waals surface area contributed by atoms with Crippen molar-refractivity contribution in [3.63, 3.8) is 0 Å². The van der Waals surface area contributed by atoms with Crippen LogP contribution in [0.2, 0.25) is 10.0 Å². The standard InChI is InChI=1S/C16H18Cl2N4OS/c17-13-2-1-3-14(18)12(13)10-21-5-7-22(8-6-21)11-15(23)20-16-19-4-9-24-16/h1-4,9H,5-8,10-11H2,(H,19,20,23). The lowest BCUT2D eigenvalue weighted by molar-refractivity contribution is -0.117. The summed E-state index contributed by atoms with van der Waals surface area (Å²) in [7, 11) is 0. The third kappa shape index (κ3) is 4.68. The fourth-order valence-corrected chi connectivity index (χ4v) is 3.72. The number of carbonyl (C=O) groups is 1. The van der Waals surface area contributed by atoms with Crippen LogP contribution in [-0.2, 0) is 11.3 Å². The maximum Gasteiger partial charge on any atom is 0.240 e. The highest BCUT2D eigenvalue weighted by Crippen LogP contribution is 2.26. The topological polar surface area (TPSA) is 48.5 Å². The fraction of sp³-hybridized carbons (Fsp3) is 0.375. The molecule has 0 bridgehead atoms. The summed E-state index contributed by atoms with van der Waals surface area (Å²) in [4.78, 5) is 20.5. The van der Waals surface area contributed by atoms with Crippen molar-refractivity contribution in [3.8, 4) is 0 Å². The van der Waals surface area contributed by atoms with E-state index in [2.05, 4.69) is 20.1 Å². The molecule has 0 aliphatic carbocycles. The molecule has 1 amide bonds. The first kappa shape index (κ1) is 17.6. The van der Waals surface area contributed by atoms with E-state index in [1.165, 1.54) is 11.3 Å². The average molecular weight is 385 g/mol. The first-order chi connectivity index (χ1) is 11.6. The van der Waals surface area contributed by atoms with Gasteiger partial charge >= 0.3 is 0 Å². The molecule has 1 aromatic carbocycles. The molecular formula is C16H18Cl2N4OS. The van der Waals surface area contributed by atoms with Gasteiger partial charge in [-0.3, -0.25) is 14.6 Å². The van der Waals surface area contributed by atoms with E-state index in [4.69, 9.17) is 23.2 Å². The summed E-state index contributed by atoms with van der Waals surface area (Å²) in [6, 6.07) is 5.58. The van der Waals surface area contributed by atoms with Crippen LogP contribution in [0.25, 0.3) is 0 Å². The van der Waals surface area contributed by atoms with Gasteiger partial charge < -0.3 is 5.32 Å². The molecule has 0 saturated carbocycles. The Morgan fingerprint density at radius 3 is 2.46 bits per heavy atom. The highest BCUT2D eigenvalue weighted by atomic mass is 35.5. The second kappa shape index (κ2) is 8.27. The Balaban J connectivity index is 1.46. The van der Waals surface area contributed by atoms with E-state index in [1.54, 1.807) is 6.20 Å². The minimum atomic E-state index is -0.0208. The predicted molar refractivity (Wildman–Crippen MR) is 98.9 cm³/mol. The zero-order valence-corrected chi connectivity index (χ0v) is 15.4. The van der Waals surface area contributed by atoms with E-state index in [0.717, 1.165) is 38.3 Å². The number of halogens is 2. The molecule has 1 fully saturated rings. The third-order valence-corrected chi connectivity index (χ3v) is 5.35. The fourth-order valence-electron chi connectivity index (χ4n) is 2.66. The largest absolute Gasteiger partial charge is 0.301 e. The SMILES string of the molecule is O=C(CN1CCN(Cc2c(Cl)cccc2Cl)CC1)Nc1nccs1. The normalized spacial score (nSPS) is 16.2.